The standard InChI is InChI=1S/C20H20N2O5S/c23-18(17-9-12-5-1-4-8-16(12)28-17)21-14-7-3-2-6-13-10-27-11-15(20(25)26)22(13)19(14)24/h1-5,8-9,13-15H,6-7,10-11H2,(H,21,23)(H,25,26)/t13-,14-,15-/m0/s1. The van der Waals surface area contributed by atoms with Gasteiger partial charge in [0.2, 0.25) is 5.91 Å². The Morgan fingerprint density at radius 3 is 2.75 bits per heavy atom. The number of benzene rings is 1. The van der Waals surface area contributed by atoms with Crippen LogP contribution >= 0.6 is 11.3 Å². The summed E-state index contributed by atoms with van der Waals surface area (Å²) < 4.78 is 6.38. The highest BCUT2D eigenvalue weighted by molar-refractivity contribution is 7.20. The van der Waals surface area contributed by atoms with Gasteiger partial charge in [0.05, 0.1) is 24.1 Å². The zero-order valence-corrected chi connectivity index (χ0v) is 15.9. The van der Waals surface area contributed by atoms with Crippen LogP contribution < -0.4 is 5.32 Å². The number of morpholine rings is 1. The molecule has 0 bridgehead atoms. The molecule has 8 heteroatoms. The van der Waals surface area contributed by atoms with Gasteiger partial charge in [-0.05, 0) is 30.4 Å². The summed E-state index contributed by atoms with van der Waals surface area (Å²) in [5.74, 6) is -1.80. The van der Waals surface area contributed by atoms with Gasteiger partial charge in [-0.1, -0.05) is 30.4 Å². The van der Waals surface area contributed by atoms with Crippen molar-refractivity contribution in [3.63, 3.8) is 0 Å². The van der Waals surface area contributed by atoms with E-state index >= 15 is 0 Å². The van der Waals surface area contributed by atoms with E-state index in [1.54, 1.807) is 6.07 Å². The Hall–Kier alpha value is -2.71. The summed E-state index contributed by atoms with van der Waals surface area (Å²) in [5.41, 5.74) is 0. The van der Waals surface area contributed by atoms with E-state index in [-0.39, 0.29) is 31.1 Å². The first-order valence-corrected chi connectivity index (χ1v) is 9.93. The molecule has 2 aliphatic rings. The molecule has 4 rings (SSSR count). The van der Waals surface area contributed by atoms with Gasteiger partial charge in [-0.25, -0.2) is 4.79 Å². The average molecular weight is 400 g/mol. The second-order valence-corrected chi connectivity index (χ2v) is 7.99. The normalized spacial score (nSPS) is 25.1. The number of carbonyl (C=O) groups is 3. The number of hydrogen-bond acceptors (Lipinski definition) is 5. The van der Waals surface area contributed by atoms with Gasteiger partial charge in [0.1, 0.15) is 6.04 Å². The molecule has 0 radical (unpaired) electrons. The molecule has 1 aromatic heterocycles. The third-order valence-electron chi connectivity index (χ3n) is 5.05. The minimum Gasteiger partial charge on any atom is -0.480 e. The number of carboxylic acids is 1. The van der Waals surface area contributed by atoms with Crippen LogP contribution in [0.15, 0.2) is 42.5 Å². The van der Waals surface area contributed by atoms with Gasteiger partial charge in [0.15, 0.2) is 6.04 Å². The van der Waals surface area contributed by atoms with Crippen LogP contribution in [0, 0.1) is 0 Å². The van der Waals surface area contributed by atoms with E-state index in [0.717, 1.165) is 10.1 Å². The number of carbonyl (C=O) groups excluding carboxylic acids is 2. The van der Waals surface area contributed by atoms with Crippen molar-refractivity contribution in [3.8, 4) is 0 Å². The van der Waals surface area contributed by atoms with Crippen molar-refractivity contribution in [2.45, 2.75) is 31.0 Å². The van der Waals surface area contributed by atoms with Gasteiger partial charge in [0.25, 0.3) is 5.91 Å². The third kappa shape index (κ3) is 3.53. The fourth-order valence-electron chi connectivity index (χ4n) is 3.65. The molecule has 2 aliphatic heterocycles. The zero-order chi connectivity index (χ0) is 19.7. The number of carboxylic acid groups (broad SMARTS) is 1. The molecule has 146 valence electrons. The van der Waals surface area contributed by atoms with Crippen LogP contribution in [0.4, 0.5) is 0 Å². The Morgan fingerprint density at radius 1 is 1.18 bits per heavy atom. The van der Waals surface area contributed by atoms with Gasteiger partial charge in [0, 0.05) is 4.70 Å². The molecule has 3 heterocycles. The fraction of sp³-hybridized carbons (Fsp3) is 0.350. The summed E-state index contributed by atoms with van der Waals surface area (Å²) >= 11 is 1.36. The first-order valence-electron chi connectivity index (χ1n) is 9.12. The lowest BCUT2D eigenvalue weighted by atomic mass is 10.00. The molecule has 2 amide bonds. The first-order chi connectivity index (χ1) is 13.5. The highest BCUT2D eigenvalue weighted by Gasteiger charge is 2.41. The van der Waals surface area contributed by atoms with Crippen LogP contribution in [0.25, 0.3) is 10.1 Å². The summed E-state index contributed by atoms with van der Waals surface area (Å²) in [6.45, 7) is 0.245. The summed E-state index contributed by atoms with van der Waals surface area (Å²) in [7, 11) is 0. The molecule has 1 saturated heterocycles. The van der Waals surface area contributed by atoms with E-state index in [4.69, 9.17) is 4.74 Å². The lowest BCUT2D eigenvalue weighted by molar-refractivity contribution is -0.164. The van der Waals surface area contributed by atoms with Gasteiger partial charge in [-0.3, -0.25) is 9.59 Å². The minimum atomic E-state index is -1.10. The van der Waals surface area contributed by atoms with Crippen molar-refractivity contribution in [1.29, 1.82) is 0 Å². The van der Waals surface area contributed by atoms with Crippen LogP contribution in [0.2, 0.25) is 0 Å². The molecular weight excluding hydrogens is 380 g/mol. The van der Waals surface area contributed by atoms with E-state index in [0.29, 0.717) is 17.7 Å². The summed E-state index contributed by atoms with van der Waals surface area (Å²) in [6, 6.07) is 7.30. The van der Waals surface area contributed by atoms with Gasteiger partial charge in [-0.15, -0.1) is 11.3 Å². The molecule has 3 atom stereocenters. The van der Waals surface area contributed by atoms with E-state index < -0.39 is 18.1 Å². The highest BCUT2D eigenvalue weighted by Crippen LogP contribution is 2.26. The number of fused-ring (bicyclic) bond motifs is 2. The van der Waals surface area contributed by atoms with Crippen molar-refractivity contribution in [2.75, 3.05) is 13.2 Å². The van der Waals surface area contributed by atoms with Gasteiger partial charge < -0.3 is 20.1 Å². The van der Waals surface area contributed by atoms with Gasteiger partial charge in [-0.2, -0.15) is 0 Å². The molecule has 1 aromatic carbocycles. The monoisotopic (exact) mass is 400 g/mol. The maximum absolute atomic E-state index is 13.1. The minimum absolute atomic E-state index is 0.0434. The summed E-state index contributed by atoms with van der Waals surface area (Å²) in [5, 5.41) is 13.3. The second kappa shape index (κ2) is 7.73. The van der Waals surface area contributed by atoms with Crippen molar-refractivity contribution in [3.05, 3.63) is 47.4 Å². The Balaban J connectivity index is 1.58. The maximum Gasteiger partial charge on any atom is 0.328 e. The summed E-state index contributed by atoms with van der Waals surface area (Å²) in [6.07, 6.45) is 4.63. The number of nitrogens with zero attached hydrogens (tertiary/aromatic N) is 1. The quantitative estimate of drug-likeness (QED) is 0.769. The number of thiophene rings is 1. The van der Waals surface area contributed by atoms with Crippen molar-refractivity contribution in [1.82, 2.24) is 10.2 Å². The largest absolute Gasteiger partial charge is 0.480 e. The fourth-order valence-corrected chi connectivity index (χ4v) is 4.61. The topological polar surface area (TPSA) is 95.9 Å². The Labute approximate surface area is 165 Å². The smallest absolute Gasteiger partial charge is 0.328 e. The van der Waals surface area contributed by atoms with E-state index in [2.05, 4.69) is 5.32 Å². The predicted molar refractivity (Wildman–Crippen MR) is 104 cm³/mol. The highest BCUT2D eigenvalue weighted by atomic mass is 32.1. The predicted octanol–water partition coefficient (Wildman–Crippen LogP) is 2.03. The average Bonchev–Trinajstić information content (AvgIpc) is 3.12. The van der Waals surface area contributed by atoms with Crippen LogP contribution in [0.5, 0.6) is 0 Å². The number of nitrogens with one attached hydrogen (secondary N) is 1. The molecule has 28 heavy (non-hydrogen) atoms. The molecule has 0 unspecified atom stereocenters. The molecule has 7 nitrogen and oxygen atoms in total. The number of aliphatic carboxylic acids is 1. The van der Waals surface area contributed by atoms with Crippen LogP contribution in [0.1, 0.15) is 22.5 Å². The molecule has 2 N–H and O–H groups in total. The Kier molecular flexibility index (Phi) is 5.15. The molecule has 0 spiro atoms. The van der Waals surface area contributed by atoms with Crippen molar-refractivity contribution < 1.29 is 24.2 Å². The number of rotatable bonds is 3. The molecule has 0 aliphatic carbocycles. The van der Waals surface area contributed by atoms with Crippen LogP contribution in [0.3, 0.4) is 0 Å². The van der Waals surface area contributed by atoms with E-state index in [1.807, 2.05) is 36.4 Å². The Bertz CT molecular complexity index is 920. The molecular formula is C20H20N2O5S. The number of ether oxygens (including phenoxy) is 1. The molecule has 0 saturated carbocycles. The van der Waals surface area contributed by atoms with E-state index in [9.17, 15) is 19.5 Å². The third-order valence-corrected chi connectivity index (χ3v) is 6.17. The molecule has 1 fully saturated rings. The second-order valence-electron chi connectivity index (χ2n) is 6.91. The number of hydrogen-bond donors (Lipinski definition) is 2. The van der Waals surface area contributed by atoms with Crippen LogP contribution in [-0.4, -0.2) is 59.1 Å². The van der Waals surface area contributed by atoms with Crippen molar-refractivity contribution in [2.24, 2.45) is 0 Å². The summed E-state index contributed by atoms with van der Waals surface area (Å²) in [4.78, 5) is 39.4. The molecule has 2 aromatic rings. The van der Waals surface area contributed by atoms with Crippen molar-refractivity contribution >= 4 is 39.2 Å². The lowest BCUT2D eigenvalue weighted by Crippen LogP contribution is -2.62. The van der Waals surface area contributed by atoms with Gasteiger partial charge >= 0.3 is 5.97 Å². The maximum atomic E-state index is 13.1. The van der Waals surface area contributed by atoms with Crippen LogP contribution in [-0.2, 0) is 14.3 Å². The SMILES string of the molecule is O=C(N[C@H]1CC=CC[C@H]2COC[C@@H](C(=O)O)N2C1=O)c1cc2ccccc2s1. The number of amides is 2. The lowest BCUT2D eigenvalue weighted by Gasteiger charge is -2.42. The first kappa shape index (κ1) is 18.6. The zero-order valence-electron chi connectivity index (χ0n) is 15.0. The Morgan fingerprint density at radius 2 is 1.96 bits per heavy atom. The van der Waals surface area contributed by atoms with E-state index in [1.165, 1.54) is 16.2 Å².